The van der Waals surface area contributed by atoms with Gasteiger partial charge in [0.2, 0.25) is 5.95 Å². The zero-order valence-electron chi connectivity index (χ0n) is 13.0. The molecule has 0 aliphatic rings. The van der Waals surface area contributed by atoms with Crippen LogP contribution in [0.2, 0.25) is 0 Å². The van der Waals surface area contributed by atoms with Crippen LogP contribution in [-0.4, -0.2) is 29.0 Å². The summed E-state index contributed by atoms with van der Waals surface area (Å²) in [4.78, 5) is 20.3. The van der Waals surface area contributed by atoms with Crippen LogP contribution in [0.5, 0.6) is 0 Å². The quantitative estimate of drug-likeness (QED) is 0.771. The number of halogens is 1. The average molecular weight is 314 g/mol. The molecular formula is C17H19FN4O. The Hall–Kier alpha value is -2.76. The van der Waals surface area contributed by atoms with Crippen molar-refractivity contribution in [3.63, 3.8) is 0 Å². The molecule has 2 rings (SSSR count). The maximum absolute atomic E-state index is 13.5. The highest BCUT2D eigenvalue weighted by Crippen LogP contribution is 2.09. The normalized spacial score (nSPS) is 10.2. The Morgan fingerprint density at radius 1 is 1.35 bits per heavy atom. The molecule has 1 aromatic heterocycles. The van der Waals surface area contributed by atoms with E-state index < -0.39 is 0 Å². The molecule has 5 nitrogen and oxygen atoms in total. The molecule has 1 amide bonds. The fraction of sp³-hybridized carbons (Fsp3) is 0.235. The predicted octanol–water partition coefficient (Wildman–Crippen LogP) is 2.49. The Bertz CT molecular complexity index is 703. The van der Waals surface area contributed by atoms with E-state index in [-0.39, 0.29) is 17.4 Å². The fourth-order valence-electron chi connectivity index (χ4n) is 2.03. The van der Waals surface area contributed by atoms with Crippen molar-refractivity contribution in [1.29, 1.82) is 0 Å². The molecule has 0 unspecified atom stereocenters. The van der Waals surface area contributed by atoms with Crippen molar-refractivity contribution in [2.24, 2.45) is 0 Å². The number of nitrogens with one attached hydrogen (secondary N) is 2. The molecule has 120 valence electrons. The van der Waals surface area contributed by atoms with Crippen LogP contribution in [0, 0.1) is 12.7 Å². The second-order valence-electron chi connectivity index (χ2n) is 4.99. The van der Waals surface area contributed by atoms with E-state index in [0.717, 1.165) is 0 Å². The number of amides is 1. The molecule has 0 aliphatic carbocycles. The van der Waals surface area contributed by atoms with Gasteiger partial charge in [-0.1, -0.05) is 24.3 Å². The van der Waals surface area contributed by atoms with E-state index in [9.17, 15) is 9.18 Å². The molecule has 0 saturated heterocycles. The third kappa shape index (κ3) is 4.88. The second kappa shape index (κ2) is 8.03. The van der Waals surface area contributed by atoms with E-state index in [1.807, 2.05) is 0 Å². The summed E-state index contributed by atoms with van der Waals surface area (Å²) in [5.41, 5.74) is 1.58. The summed E-state index contributed by atoms with van der Waals surface area (Å²) in [6.45, 7) is 6.18. The highest BCUT2D eigenvalue weighted by molar-refractivity contribution is 5.92. The smallest absolute Gasteiger partial charge is 0.270 e. The van der Waals surface area contributed by atoms with Crippen LogP contribution in [0.3, 0.4) is 0 Å². The van der Waals surface area contributed by atoms with E-state index in [1.165, 1.54) is 6.07 Å². The summed E-state index contributed by atoms with van der Waals surface area (Å²) in [5.74, 6) is -0.165. The van der Waals surface area contributed by atoms with E-state index in [1.54, 1.807) is 37.3 Å². The minimum atomic E-state index is -0.285. The van der Waals surface area contributed by atoms with Gasteiger partial charge < -0.3 is 10.6 Å². The highest BCUT2D eigenvalue weighted by Gasteiger charge is 2.09. The first-order valence-electron chi connectivity index (χ1n) is 7.32. The van der Waals surface area contributed by atoms with Crippen LogP contribution < -0.4 is 10.6 Å². The number of hydrogen-bond donors (Lipinski definition) is 2. The van der Waals surface area contributed by atoms with Gasteiger partial charge in [0, 0.05) is 18.8 Å². The number of anilines is 1. The number of aryl methyl sites for hydroxylation is 1. The van der Waals surface area contributed by atoms with Crippen molar-refractivity contribution in [3.05, 3.63) is 65.8 Å². The first kappa shape index (κ1) is 16.6. The van der Waals surface area contributed by atoms with Crippen LogP contribution in [0.15, 0.2) is 43.0 Å². The van der Waals surface area contributed by atoms with Crippen molar-refractivity contribution in [3.8, 4) is 0 Å². The van der Waals surface area contributed by atoms with Crippen LogP contribution in [0.1, 0.15) is 21.7 Å². The largest absolute Gasteiger partial charge is 0.354 e. The van der Waals surface area contributed by atoms with Crippen LogP contribution in [-0.2, 0) is 6.42 Å². The Labute approximate surface area is 134 Å². The summed E-state index contributed by atoms with van der Waals surface area (Å²) in [5, 5.41) is 5.69. The van der Waals surface area contributed by atoms with Crippen molar-refractivity contribution in [2.45, 2.75) is 13.3 Å². The topological polar surface area (TPSA) is 66.9 Å². The first-order chi connectivity index (χ1) is 11.1. The standard InChI is InChI=1S/C17H19FN4O/c1-3-9-19-16(23)15-11-12(2)21-17(22-15)20-10-8-13-6-4-5-7-14(13)18/h3-7,11H,1,8-10H2,2H3,(H,19,23)(H,20,21,22). The minimum absolute atomic E-state index is 0.232. The summed E-state index contributed by atoms with van der Waals surface area (Å²) in [6.07, 6.45) is 2.10. The third-order valence-electron chi connectivity index (χ3n) is 3.13. The van der Waals surface area contributed by atoms with E-state index in [0.29, 0.717) is 36.7 Å². The molecule has 0 spiro atoms. The van der Waals surface area contributed by atoms with E-state index >= 15 is 0 Å². The summed E-state index contributed by atoms with van der Waals surface area (Å²) in [7, 11) is 0. The van der Waals surface area contributed by atoms with Crippen molar-refractivity contribution in [1.82, 2.24) is 15.3 Å². The molecule has 6 heteroatoms. The molecule has 0 fully saturated rings. The van der Waals surface area contributed by atoms with Gasteiger partial charge in [0.1, 0.15) is 11.5 Å². The van der Waals surface area contributed by atoms with Crippen molar-refractivity contribution >= 4 is 11.9 Å². The van der Waals surface area contributed by atoms with Gasteiger partial charge in [0.25, 0.3) is 5.91 Å². The van der Waals surface area contributed by atoms with Gasteiger partial charge in [0.15, 0.2) is 0 Å². The molecule has 1 heterocycles. The maximum Gasteiger partial charge on any atom is 0.270 e. The minimum Gasteiger partial charge on any atom is -0.354 e. The van der Waals surface area contributed by atoms with E-state index in [4.69, 9.17) is 0 Å². The monoisotopic (exact) mass is 314 g/mol. The van der Waals surface area contributed by atoms with Gasteiger partial charge in [-0.15, -0.1) is 6.58 Å². The SMILES string of the molecule is C=CCNC(=O)c1cc(C)nc(NCCc2ccccc2F)n1. The van der Waals surface area contributed by atoms with Crippen LogP contribution in [0.25, 0.3) is 0 Å². The lowest BCUT2D eigenvalue weighted by Gasteiger charge is -2.08. The Balaban J connectivity index is 2.00. The lowest BCUT2D eigenvalue weighted by Crippen LogP contribution is -2.25. The molecule has 2 aromatic rings. The number of benzene rings is 1. The molecule has 0 aliphatic heterocycles. The van der Waals surface area contributed by atoms with Crippen LogP contribution >= 0.6 is 0 Å². The molecule has 0 saturated carbocycles. The van der Waals surface area contributed by atoms with E-state index in [2.05, 4.69) is 27.2 Å². The molecule has 23 heavy (non-hydrogen) atoms. The molecule has 1 aromatic carbocycles. The third-order valence-corrected chi connectivity index (χ3v) is 3.13. The molecule has 0 radical (unpaired) electrons. The van der Waals surface area contributed by atoms with Gasteiger partial charge in [-0.3, -0.25) is 4.79 Å². The Kier molecular flexibility index (Phi) is 5.80. The number of nitrogens with zero attached hydrogens (tertiary/aromatic N) is 2. The lowest BCUT2D eigenvalue weighted by molar-refractivity contribution is 0.0953. The fourth-order valence-corrected chi connectivity index (χ4v) is 2.03. The van der Waals surface area contributed by atoms with Gasteiger partial charge >= 0.3 is 0 Å². The highest BCUT2D eigenvalue weighted by atomic mass is 19.1. The van der Waals surface area contributed by atoms with Gasteiger partial charge in [-0.2, -0.15) is 0 Å². The summed E-state index contributed by atoms with van der Waals surface area (Å²) in [6, 6.07) is 8.23. The Morgan fingerprint density at radius 2 is 2.13 bits per heavy atom. The lowest BCUT2D eigenvalue weighted by atomic mass is 10.1. The maximum atomic E-state index is 13.5. The predicted molar refractivity (Wildman–Crippen MR) is 87.9 cm³/mol. The molecule has 0 atom stereocenters. The summed E-state index contributed by atoms with van der Waals surface area (Å²) < 4.78 is 13.5. The van der Waals surface area contributed by atoms with Gasteiger partial charge in [-0.25, -0.2) is 14.4 Å². The van der Waals surface area contributed by atoms with Gasteiger partial charge in [-0.05, 0) is 31.0 Å². The zero-order valence-corrected chi connectivity index (χ0v) is 13.0. The Morgan fingerprint density at radius 3 is 2.87 bits per heavy atom. The number of hydrogen-bond acceptors (Lipinski definition) is 4. The molecule has 2 N–H and O–H groups in total. The first-order valence-corrected chi connectivity index (χ1v) is 7.32. The molecular weight excluding hydrogens is 295 g/mol. The molecule has 0 bridgehead atoms. The zero-order chi connectivity index (χ0) is 16.7. The number of carbonyl (C=O) groups excluding carboxylic acids is 1. The van der Waals surface area contributed by atoms with Crippen LogP contribution in [0.4, 0.5) is 10.3 Å². The van der Waals surface area contributed by atoms with Gasteiger partial charge in [0.05, 0.1) is 0 Å². The second-order valence-corrected chi connectivity index (χ2v) is 4.99. The number of carbonyl (C=O) groups is 1. The number of rotatable bonds is 7. The van der Waals surface area contributed by atoms with Crippen molar-refractivity contribution in [2.75, 3.05) is 18.4 Å². The summed E-state index contributed by atoms with van der Waals surface area (Å²) >= 11 is 0. The average Bonchev–Trinajstić information content (AvgIpc) is 2.54. The van der Waals surface area contributed by atoms with Crippen molar-refractivity contribution < 1.29 is 9.18 Å². The number of aromatic nitrogens is 2.